The maximum atomic E-state index is 12.6. The number of nitrogens with zero attached hydrogens (tertiary/aromatic N) is 2. The molecule has 0 spiro atoms. The maximum Gasteiger partial charge on any atom is 0.251 e. The minimum absolute atomic E-state index is 0.134. The Balaban J connectivity index is 1.68. The molecule has 1 aliphatic heterocycles. The second-order valence-electron chi connectivity index (χ2n) is 7.46. The van der Waals surface area contributed by atoms with Crippen LogP contribution in [-0.4, -0.2) is 37.0 Å². The van der Waals surface area contributed by atoms with E-state index in [1.165, 1.54) is 19.3 Å². The molecule has 152 valence electrons. The number of nitriles is 1. The molecule has 1 amide bonds. The van der Waals surface area contributed by atoms with Crippen molar-refractivity contribution in [1.82, 2.24) is 10.2 Å². The quantitative estimate of drug-likeness (QED) is 0.653. The van der Waals surface area contributed by atoms with Crippen molar-refractivity contribution in [3.63, 3.8) is 0 Å². The fourth-order valence-electron chi connectivity index (χ4n) is 3.72. The SMILES string of the molecule is N#Cc1cccc(C(=O)NCC(CCN2CCCCC2)c2ccc(Cl)c(Cl)c2)c1. The summed E-state index contributed by atoms with van der Waals surface area (Å²) in [5.41, 5.74) is 2.04. The summed E-state index contributed by atoms with van der Waals surface area (Å²) in [6, 6.07) is 14.5. The largest absolute Gasteiger partial charge is 0.351 e. The van der Waals surface area contributed by atoms with Gasteiger partial charge in [0.15, 0.2) is 0 Å². The maximum absolute atomic E-state index is 12.6. The van der Waals surface area contributed by atoms with Gasteiger partial charge in [-0.1, -0.05) is 41.8 Å². The van der Waals surface area contributed by atoms with Gasteiger partial charge in [-0.15, -0.1) is 0 Å². The van der Waals surface area contributed by atoms with Crippen LogP contribution >= 0.6 is 23.2 Å². The van der Waals surface area contributed by atoms with Crippen LogP contribution < -0.4 is 5.32 Å². The second kappa shape index (κ2) is 10.6. The van der Waals surface area contributed by atoms with Gasteiger partial charge < -0.3 is 10.2 Å². The van der Waals surface area contributed by atoms with Gasteiger partial charge >= 0.3 is 0 Å². The van der Waals surface area contributed by atoms with E-state index in [9.17, 15) is 4.79 Å². The molecule has 3 rings (SSSR count). The van der Waals surface area contributed by atoms with Crippen LogP contribution in [0.2, 0.25) is 10.0 Å². The number of piperidine rings is 1. The molecule has 1 unspecified atom stereocenters. The molecule has 0 aliphatic carbocycles. The summed E-state index contributed by atoms with van der Waals surface area (Å²) in [6.07, 6.45) is 4.74. The molecule has 1 heterocycles. The lowest BCUT2D eigenvalue weighted by molar-refractivity contribution is 0.0949. The Morgan fingerprint density at radius 1 is 1.10 bits per heavy atom. The molecule has 0 aromatic heterocycles. The zero-order chi connectivity index (χ0) is 20.6. The van der Waals surface area contributed by atoms with Crippen molar-refractivity contribution in [2.75, 3.05) is 26.2 Å². The average molecular weight is 430 g/mol. The number of amides is 1. The number of nitrogens with one attached hydrogen (secondary N) is 1. The van der Waals surface area contributed by atoms with Crippen LogP contribution in [0.3, 0.4) is 0 Å². The monoisotopic (exact) mass is 429 g/mol. The molecule has 0 bridgehead atoms. The van der Waals surface area contributed by atoms with Crippen molar-refractivity contribution in [3.05, 3.63) is 69.2 Å². The summed E-state index contributed by atoms with van der Waals surface area (Å²) in [4.78, 5) is 15.1. The van der Waals surface area contributed by atoms with Crippen LogP contribution in [0.25, 0.3) is 0 Å². The van der Waals surface area contributed by atoms with Gasteiger partial charge in [0.05, 0.1) is 21.7 Å². The second-order valence-corrected chi connectivity index (χ2v) is 8.28. The van der Waals surface area contributed by atoms with Crippen molar-refractivity contribution >= 4 is 29.1 Å². The normalized spacial score (nSPS) is 15.5. The molecule has 1 atom stereocenters. The summed E-state index contributed by atoms with van der Waals surface area (Å²) in [7, 11) is 0. The highest BCUT2D eigenvalue weighted by Crippen LogP contribution is 2.28. The molecule has 0 saturated carbocycles. The number of benzene rings is 2. The Kier molecular flexibility index (Phi) is 7.94. The number of rotatable bonds is 7. The van der Waals surface area contributed by atoms with E-state index < -0.39 is 0 Å². The Hall–Kier alpha value is -2.06. The molecular weight excluding hydrogens is 405 g/mol. The van der Waals surface area contributed by atoms with E-state index in [-0.39, 0.29) is 11.8 Å². The van der Waals surface area contributed by atoms with Gasteiger partial charge in [0.2, 0.25) is 0 Å². The van der Waals surface area contributed by atoms with Crippen LogP contribution in [0.4, 0.5) is 0 Å². The highest BCUT2D eigenvalue weighted by atomic mass is 35.5. The zero-order valence-electron chi connectivity index (χ0n) is 16.3. The van der Waals surface area contributed by atoms with E-state index >= 15 is 0 Å². The molecule has 0 radical (unpaired) electrons. The van der Waals surface area contributed by atoms with Gasteiger partial charge in [-0.2, -0.15) is 5.26 Å². The number of hydrogen-bond donors (Lipinski definition) is 1. The predicted octanol–water partition coefficient (Wildman–Crippen LogP) is 5.25. The number of carbonyl (C=O) groups excluding carboxylic acids is 1. The molecule has 1 fully saturated rings. The Morgan fingerprint density at radius 3 is 2.62 bits per heavy atom. The van der Waals surface area contributed by atoms with Crippen molar-refractivity contribution in [3.8, 4) is 6.07 Å². The van der Waals surface area contributed by atoms with E-state index in [4.69, 9.17) is 28.5 Å². The van der Waals surface area contributed by atoms with Gasteiger partial charge in [-0.25, -0.2) is 0 Å². The van der Waals surface area contributed by atoms with Gasteiger partial charge in [-0.05, 0) is 74.8 Å². The van der Waals surface area contributed by atoms with Crippen molar-refractivity contribution in [2.45, 2.75) is 31.6 Å². The highest BCUT2D eigenvalue weighted by Gasteiger charge is 2.18. The minimum atomic E-state index is -0.176. The topological polar surface area (TPSA) is 56.1 Å². The van der Waals surface area contributed by atoms with Crippen LogP contribution in [0.1, 0.15) is 53.1 Å². The summed E-state index contributed by atoms with van der Waals surface area (Å²) in [5, 5.41) is 13.1. The Bertz CT molecular complexity index is 888. The third-order valence-corrected chi connectivity index (χ3v) is 6.16. The third-order valence-electron chi connectivity index (χ3n) is 5.42. The van der Waals surface area contributed by atoms with E-state index in [2.05, 4.69) is 16.3 Å². The molecule has 1 aliphatic rings. The molecule has 2 aromatic carbocycles. The summed E-state index contributed by atoms with van der Waals surface area (Å²) in [6.45, 7) is 3.77. The number of halogens is 2. The fourth-order valence-corrected chi connectivity index (χ4v) is 4.03. The Labute approximate surface area is 182 Å². The fraction of sp³-hybridized carbons (Fsp3) is 0.391. The Morgan fingerprint density at radius 2 is 1.90 bits per heavy atom. The molecule has 1 saturated heterocycles. The lowest BCUT2D eigenvalue weighted by Crippen LogP contribution is -2.34. The summed E-state index contributed by atoms with van der Waals surface area (Å²) < 4.78 is 0. The van der Waals surface area contributed by atoms with Crippen LogP contribution in [0, 0.1) is 11.3 Å². The molecule has 6 heteroatoms. The van der Waals surface area contributed by atoms with Gasteiger partial charge in [0, 0.05) is 18.0 Å². The van der Waals surface area contributed by atoms with E-state index in [0.29, 0.717) is 27.7 Å². The first-order chi connectivity index (χ1) is 14.1. The third kappa shape index (κ3) is 6.21. The number of carbonyl (C=O) groups is 1. The average Bonchev–Trinajstić information content (AvgIpc) is 2.76. The molecule has 29 heavy (non-hydrogen) atoms. The predicted molar refractivity (Wildman–Crippen MR) is 118 cm³/mol. The molecule has 4 nitrogen and oxygen atoms in total. The van der Waals surface area contributed by atoms with Gasteiger partial charge in [0.25, 0.3) is 5.91 Å². The van der Waals surface area contributed by atoms with Gasteiger partial charge in [-0.3, -0.25) is 4.79 Å². The standard InChI is InChI=1S/C23H25Cl2N3O/c24-21-8-7-18(14-22(21)25)20(9-12-28-10-2-1-3-11-28)16-27-23(29)19-6-4-5-17(13-19)15-26/h4-8,13-14,20H,1-3,9-12,16H2,(H,27,29). The zero-order valence-corrected chi connectivity index (χ0v) is 17.8. The molecule has 2 aromatic rings. The first-order valence-electron chi connectivity index (χ1n) is 10.0. The highest BCUT2D eigenvalue weighted by molar-refractivity contribution is 6.42. The molecular formula is C23H25Cl2N3O. The summed E-state index contributed by atoms with van der Waals surface area (Å²) >= 11 is 12.3. The first kappa shape index (κ1) is 21.6. The van der Waals surface area contributed by atoms with Crippen LogP contribution in [0.15, 0.2) is 42.5 Å². The minimum Gasteiger partial charge on any atom is -0.351 e. The lowest BCUT2D eigenvalue weighted by atomic mass is 9.94. The van der Waals surface area contributed by atoms with Gasteiger partial charge in [0.1, 0.15) is 0 Å². The van der Waals surface area contributed by atoms with E-state index in [0.717, 1.165) is 31.6 Å². The van der Waals surface area contributed by atoms with Crippen molar-refractivity contribution < 1.29 is 4.79 Å². The van der Waals surface area contributed by atoms with Crippen LogP contribution in [-0.2, 0) is 0 Å². The lowest BCUT2D eigenvalue weighted by Gasteiger charge is -2.28. The number of likely N-dealkylation sites (tertiary alicyclic amines) is 1. The first-order valence-corrected chi connectivity index (χ1v) is 10.8. The summed E-state index contributed by atoms with van der Waals surface area (Å²) in [5.74, 6) is -0.0417. The van der Waals surface area contributed by atoms with E-state index in [1.54, 1.807) is 24.3 Å². The smallest absolute Gasteiger partial charge is 0.251 e. The van der Waals surface area contributed by atoms with Crippen LogP contribution in [0.5, 0.6) is 0 Å². The van der Waals surface area contributed by atoms with Crippen molar-refractivity contribution in [1.29, 1.82) is 5.26 Å². The van der Waals surface area contributed by atoms with Crippen molar-refractivity contribution in [2.24, 2.45) is 0 Å². The number of hydrogen-bond acceptors (Lipinski definition) is 3. The molecule has 1 N–H and O–H groups in total. The van der Waals surface area contributed by atoms with E-state index in [1.807, 2.05) is 18.2 Å².